The summed E-state index contributed by atoms with van der Waals surface area (Å²) >= 11 is 0. The van der Waals surface area contributed by atoms with Gasteiger partial charge in [0.25, 0.3) is 0 Å². The van der Waals surface area contributed by atoms with E-state index in [1.54, 1.807) is 14.2 Å². The zero-order valence-corrected chi connectivity index (χ0v) is 6.76. The first-order chi connectivity index (χ1) is 4.91. The summed E-state index contributed by atoms with van der Waals surface area (Å²) in [5.74, 6) is 0. The zero-order valence-electron chi connectivity index (χ0n) is 6.76. The quantitative estimate of drug-likeness (QED) is 0.473. The van der Waals surface area contributed by atoms with Gasteiger partial charge in [0.1, 0.15) is 0 Å². The molecule has 10 heavy (non-hydrogen) atoms. The summed E-state index contributed by atoms with van der Waals surface area (Å²) in [5.41, 5.74) is 0. The van der Waals surface area contributed by atoms with Gasteiger partial charge >= 0.3 is 0 Å². The van der Waals surface area contributed by atoms with Gasteiger partial charge in [-0.2, -0.15) is 0 Å². The Hall–Kier alpha value is -0.120. The minimum atomic E-state index is 1.00. The molecule has 0 saturated carbocycles. The Labute approximate surface area is 62.3 Å². The molecular formula is C7H16O3. The van der Waals surface area contributed by atoms with Crippen molar-refractivity contribution in [3.63, 3.8) is 0 Å². The van der Waals surface area contributed by atoms with Gasteiger partial charge < -0.3 is 14.2 Å². The van der Waals surface area contributed by atoms with Crippen LogP contribution in [0.5, 0.6) is 0 Å². The van der Waals surface area contributed by atoms with Crippen LogP contribution in [0.1, 0.15) is 6.42 Å². The van der Waals surface area contributed by atoms with Crippen LogP contribution in [0, 0.1) is 0 Å². The Morgan fingerprint density at radius 2 is 1.10 bits per heavy atom. The third-order valence-electron chi connectivity index (χ3n) is 0.781. The first kappa shape index (κ1) is 9.88. The third-order valence-corrected chi connectivity index (χ3v) is 0.781. The Balaban J connectivity index is 0.000000124. The van der Waals surface area contributed by atoms with Gasteiger partial charge in [-0.05, 0) is 6.42 Å². The van der Waals surface area contributed by atoms with Crippen molar-refractivity contribution in [3.8, 4) is 0 Å². The second-order valence-electron chi connectivity index (χ2n) is 1.99. The van der Waals surface area contributed by atoms with E-state index in [9.17, 15) is 0 Å². The van der Waals surface area contributed by atoms with Crippen LogP contribution in [0.25, 0.3) is 0 Å². The molecule has 0 amide bonds. The fourth-order valence-corrected chi connectivity index (χ4v) is 0.144. The molecule has 62 valence electrons. The summed E-state index contributed by atoms with van der Waals surface area (Å²) in [6.45, 7) is 4.00. The number of hydrogen-bond acceptors (Lipinski definition) is 3. The monoisotopic (exact) mass is 148 g/mol. The van der Waals surface area contributed by atoms with Crippen LogP contribution in [-0.2, 0) is 14.2 Å². The molecule has 0 unspecified atom stereocenters. The molecule has 0 N–H and O–H groups in total. The Bertz CT molecular complexity index is 44.1. The van der Waals surface area contributed by atoms with Crippen molar-refractivity contribution in [1.82, 2.24) is 0 Å². The lowest BCUT2D eigenvalue weighted by atomic mass is 10.4. The van der Waals surface area contributed by atoms with Crippen LogP contribution < -0.4 is 0 Å². The van der Waals surface area contributed by atoms with E-state index >= 15 is 0 Å². The highest BCUT2D eigenvalue weighted by atomic mass is 16.6. The summed E-state index contributed by atoms with van der Waals surface area (Å²) < 4.78 is 13.5. The highest BCUT2D eigenvalue weighted by Crippen LogP contribution is 1.93. The lowest BCUT2D eigenvalue weighted by molar-refractivity contribution is 0.0367. The molecule has 2 heterocycles. The largest absolute Gasteiger partial charge is 0.388 e. The van der Waals surface area contributed by atoms with Gasteiger partial charge in [0.2, 0.25) is 0 Å². The average Bonchev–Trinajstić information content (AvgIpc) is 2.38. The van der Waals surface area contributed by atoms with Gasteiger partial charge in [-0.15, -0.1) is 0 Å². The predicted molar refractivity (Wildman–Crippen MR) is 39.2 cm³/mol. The molecule has 0 aliphatic carbocycles. The lowest BCUT2D eigenvalue weighted by Crippen LogP contribution is -2.09. The number of methoxy groups -OCH3 is 1. The van der Waals surface area contributed by atoms with Crippen molar-refractivity contribution in [2.75, 3.05) is 40.6 Å². The van der Waals surface area contributed by atoms with Crippen LogP contribution in [-0.4, -0.2) is 40.6 Å². The summed E-state index contributed by atoms with van der Waals surface area (Å²) in [7, 11) is 3.25. The van der Waals surface area contributed by atoms with Crippen LogP contribution in [0.15, 0.2) is 0 Å². The van der Waals surface area contributed by atoms with Crippen molar-refractivity contribution in [1.29, 1.82) is 0 Å². The first-order valence-electron chi connectivity index (χ1n) is 3.47. The van der Waals surface area contributed by atoms with E-state index in [-0.39, 0.29) is 0 Å². The summed E-state index contributed by atoms with van der Waals surface area (Å²) in [6, 6.07) is 0. The molecule has 3 nitrogen and oxygen atoms in total. The van der Waals surface area contributed by atoms with E-state index in [2.05, 4.69) is 9.47 Å². The van der Waals surface area contributed by atoms with E-state index in [0.29, 0.717) is 0 Å². The number of epoxide rings is 1. The normalized spacial score (nSPS) is 18.6. The molecule has 2 saturated heterocycles. The summed E-state index contributed by atoms with van der Waals surface area (Å²) in [4.78, 5) is 0. The van der Waals surface area contributed by atoms with Crippen LogP contribution in [0.2, 0.25) is 0 Å². The maximum absolute atomic E-state index is 4.72. The van der Waals surface area contributed by atoms with Crippen LogP contribution >= 0.6 is 0 Å². The standard InChI is InChI=1S/C3H6O.C2H4O.C2H6O/c1-2-4-3-1;1-2-3-1;1-3-2/h1-3H2;1-2H2;1-2H3. The summed E-state index contributed by atoms with van der Waals surface area (Å²) in [5, 5.41) is 0. The molecule has 2 rings (SSSR count). The molecule has 2 fully saturated rings. The molecule has 2 aliphatic heterocycles. The third kappa shape index (κ3) is 15.7. The van der Waals surface area contributed by atoms with Crippen molar-refractivity contribution >= 4 is 0 Å². The lowest BCUT2D eigenvalue weighted by Gasteiger charge is -2.09. The van der Waals surface area contributed by atoms with Gasteiger partial charge in [0.05, 0.1) is 13.2 Å². The molecule has 0 aromatic carbocycles. The summed E-state index contributed by atoms with van der Waals surface area (Å²) in [6.07, 6.45) is 1.28. The fraction of sp³-hybridized carbons (Fsp3) is 1.00. The fourth-order valence-electron chi connectivity index (χ4n) is 0.144. The molecule has 0 aromatic rings. The van der Waals surface area contributed by atoms with Crippen molar-refractivity contribution < 1.29 is 14.2 Å². The second-order valence-corrected chi connectivity index (χ2v) is 1.99. The smallest absolute Gasteiger partial charge is 0.0701 e. The highest BCUT2D eigenvalue weighted by molar-refractivity contribution is 4.41. The van der Waals surface area contributed by atoms with E-state index in [1.807, 2.05) is 0 Å². The number of rotatable bonds is 0. The predicted octanol–water partition coefficient (Wildman–Crippen LogP) is 0.686. The first-order valence-corrected chi connectivity index (χ1v) is 3.47. The highest BCUT2D eigenvalue weighted by Gasteiger charge is 1.94. The molecular weight excluding hydrogens is 132 g/mol. The van der Waals surface area contributed by atoms with E-state index in [0.717, 1.165) is 26.4 Å². The molecule has 0 radical (unpaired) electrons. The van der Waals surface area contributed by atoms with Crippen LogP contribution in [0.3, 0.4) is 0 Å². The maximum atomic E-state index is 4.72. The number of hydrogen-bond donors (Lipinski definition) is 0. The Kier molecular flexibility index (Phi) is 8.77. The van der Waals surface area contributed by atoms with Gasteiger partial charge in [-0.25, -0.2) is 0 Å². The van der Waals surface area contributed by atoms with Crippen molar-refractivity contribution in [2.45, 2.75) is 6.42 Å². The van der Waals surface area contributed by atoms with Crippen LogP contribution in [0.4, 0.5) is 0 Å². The van der Waals surface area contributed by atoms with E-state index < -0.39 is 0 Å². The SMILES string of the molecule is C1CO1.C1COC1.COC. The van der Waals surface area contributed by atoms with E-state index in [4.69, 9.17) is 4.74 Å². The maximum Gasteiger partial charge on any atom is 0.0701 e. The minimum Gasteiger partial charge on any atom is -0.388 e. The van der Waals surface area contributed by atoms with Crippen molar-refractivity contribution in [3.05, 3.63) is 0 Å². The minimum absolute atomic E-state index is 1.00. The average molecular weight is 148 g/mol. The zero-order chi connectivity index (χ0) is 7.66. The van der Waals surface area contributed by atoms with Gasteiger partial charge in [-0.1, -0.05) is 0 Å². The molecule has 0 aromatic heterocycles. The topological polar surface area (TPSA) is 31.0 Å². The van der Waals surface area contributed by atoms with Gasteiger partial charge in [-0.3, -0.25) is 0 Å². The Morgan fingerprint density at radius 3 is 1.10 bits per heavy atom. The van der Waals surface area contributed by atoms with Gasteiger partial charge in [0, 0.05) is 27.4 Å². The van der Waals surface area contributed by atoms with Crippen molar-refractivity contribution in [2.24, 2.45) is 0 Å². The molecule has 0 atom stereocenters. The molecule has 0 bridgehead atoms. The molecule has 0 spiro atoms. The second kappa shape index (κ2) is 8.88. The Morgan fingerprint density at radius 1 is 0.900 bits per heavy atom. The number of ether oxygens (including phenoxy) is 3. The van der Waals surface area contributed by atoms with Gasteiger partial charge in [0.15, 0.2) is 0 Å². The molecule has 3 heteroatoms. The molecule has 2 aliphatic rings. The van der Waals surface area contributed by atoms with E-state index in [1.165, 1.54) is 6.42 Å².